The van der Waals surface area contributed by atoms with Crippen LogP contribution in [-0.2, 0) is 0 Å². The maximum Gasteiger partial charge on any atom is 0.267 e. The summed E-state index contributed by atoms with van der Waals surface area (Å²) in [4.78, 5) is 21.5. The fourth-order valence-electron chi connectivity index (χ4n) is 2.61. The normalized spacial score (nSPS) is 19.2. The van der Waals surface area contributed by atoms with Crippen LogP contribution in [0.1, 0.15) is 43.6 Å². The highest BCUT2D eigenvalue weighted by atomic mass is 35.5. The van der Waals surface area contributed by atoms with Crippen molar-refractivity contribution in [2.24, 2.45) is 11.7 Å². The molecule has 1 fully saturated rings. The maximum absolute atomic E-state index is 11.2. The predicted octanol–water partition coefficient (Wildman–Crippen LogP) is 2.24. The van der Waals surface area contributed by atoms with Crippen LogP contribution in [0.4, 0.5) is 5.82 Å². The molecule has 104 valence electrons. The number of nitrogens with zero attached hydrogens (tertiary/aromatic N) is 3. The Morgan fingerprint density at radius 1 is 1.58 bits per heavy atom. The van der Waals surface area contributed by atoms with Crippen LogP contribution in [0, 0.1) is 5.92 Å². The minimum absolute atomic E-state index is 0.0708. The van der Waals surface area contributed by atoms with Crippen LogP contribution in [-0.4, -0.2) is 28.5 Å². The average Bonchev–Trinajstić information content (AvgIpc) is 2.75. The molecule has 1 aliphatic heterocycles. The van der Waals surface area contributed by atoms with E-state index in [9.17, 15) is 4.79 Å². The minimum Gasteiger partial charge on any atom is -0.364 e. The first kappa shape index (κ1) is 14.1. The Balaban J connectivity index is 2.27. The molecule has 1 saturated heterocycles. The van der Waals surface area contributed by atoms with E-state index in [2.05, 4.69) is 28.7 Å². The molecule has 1 aromatic heterocycles. The monoisotopic (exact) mass is 282 g/mol. The van der Waals surface area contributed by atoms with E-state index in [1.165, 1.54) is 0 Å². The Labute approximate surface area is 118 Å². The van der Waals surface area contributed by atoms with Gasteiger partial charge in [0.15, 0.2) is 0 Å². The molecule has 5 nitrogen and oxygen atoms in total. The first-order valence-corrected chi connectivity index (χ1v) is 6.96. The second-order valence-corrected chi connectivity index (χ2v) is 5.70. The number of anilines is 1. The summed E-state index contributed by atoms with van der Waals surface area (Å²) in [6, 6.07) is 2.08. The lowest BCUT2D eigenvalue weighted by Crippen LogP contribution is -2.31. The van der Waals surface area contributed by atoms with Crippen LogP contribution in [0.15, 0.2) is 6.07 Å². The lowest BCUT2D eigenvalue weighted by Gasteiger charge is -2.27. The van der Waals surface area contributed by atoms with Crippen molar-refractivity contribution >= 4 is 23.3 Å². The van der Waals surface area contributed by atoms with Crippen molar-refractivity contribution in [3.05, 3.63) is 17.0 Å². The molecule has 2 rings (SSSR count). The van der Waals surface area contributed by atoms with Crippen molar-refractivity contribution in [2.45, 2.75) is 39.2 Å². The molecule has 2 heterocycles. The molecule has 0 spiro atoms. The Hall–Kier alpha value is -1.36. The van der Waals surface area contributed by atoms with Gasteiger partial charge in [-0.2, -0.15) is 0 Å². The molecule has 1 amide bonds. The van der Waals surface area contributed by atoms with Gasteiger partial charge in [0.25, 0.3) is 5.91 Å². The number of hydrogen-bond donors (Lipinski definition) is 1. The van der Waals surface area contributed by atoms with E-state index in [0.29, 0.717) is 17.8 Å². The molecule has 0 bridgehead atoms. The molecule has 1 unspecified atom stereocenters. The third-order valence-electron chi connectivity index (χ3n) is 3.35. The van der Waals surface area contributed by atoms with Crippen LogP contribution in [0.5, 0.6) is 0 Å². The van der Waals surface area contributed by atoms with Crippen molar-refractivity contribution in [2.75, 3.05) is 11.4 Å². The van der Waals surface area contributed by atoms with Gasteiger partial charge in [-0.25, -0.2) is 9.97 Å². The van der Waals surface area contributed by atoms with Gasteiger partial charge in [-0.15, -0.1) is 0 Å². The average molecular weight is 283 g/mol. The van der Waals surface area contributed by atoms with Crippen LogP contribution < -0.4 is 10.6 Å². The van der Waals surface area contributed by atoms with Gasteiger partial charge < -0.3 is 10.6 Å². The topological polar surface area (TPSA) is 72.1 Å². The van der Waals surface area contributed by atoms with Crippen molar-refractivity contribution in [1.82, 2.24) is 9.97 Å². The summed E-state index contributed by atoms with van der Waals surface area (Å²) in [6.45, 7) is 5.35. The lowest BCUT2D eigenvalue weighted by atomic mass is 10.0. The predicted molar refractivity (Wildman–Crippen MR) is 75.4 cm³/mol. The first-order valence-electron chi connectivity index (χ1n) is 6.58. The van der Waals surface area contributed by atoms with E-state index >= 15 is 0 Å². The molecule has 6 heteroatoms. The fourth-order valence-corrected chi connectivity index (χ4v) is 2.78. The molecule has 1 aromatic rings. The zero-order chi connectivity index (χ0) is 14.0. The SMILES string of the molecule is CC(C)CC1CCCN1c1cc(C(N)=O)nc(Cl)n1. The highest BCUT2D eigenvalue weighted by molar-refractivity contribution is 6.28. The van der Waals surface area contributed by atoms with Crippen LogP contribution in [0.3, 0.4) is 0 Å². The first-order chi connectivity index (χ1) is 8.97. The summed E-state index contributed by atoms with van der Waals surface area (Å²) in [7, 11) is 0. The second-order valence-electron chi connectivity index (χ2n) is 5.36. The van der Waals surface area contributed by atoms with E-state index in [4.69, 9.17) is 17.3 Å². The van der Waals surface area contributed by atoms with Gasteiger partial charge >= 0.3 is 0 Å². The summed E-state index contributed by atoms with van der Waals surface area (Å²) in [5, 5.41) is 0.0708. The molecule has 1 aliphatic rings. The van der Waals surface area contributed by atoms with Crippen molar-refractivity contribution in [1.29, 1.82) is 0 Å². The molecule has 19 heavy (non-hydrogen) atoms. The summed E-state index contributed by atoms with van der Waals surface area (Å²) < 4.78 is 0. The Kier molecular flexibility index (Phi) is 4.24. The molecular weight excluding hydrogens is 264 g/mol. The van der Waals surface area contributed by atoms with Gasteiger partial charge in [0, 0.05) is 18.7 Å². The van der Waals surface area contributed by atoms with E-state index in [1.54, 1.807) is 6.07 Å². The Morgan fingerprint density at radius 3 is 2.95 bits per heavy atom. The smallest absolute Gasteiger partial charge is 0.267 e. The third-order valence-corrected chi connectivity index (χ3v) is 3.52. The van der Waals surface area contributed by atoms with Crippen LogP contribution >= 0.6 is 11.6 Å². The number of halogens is 1. The summed E-state index contributed by atoms with van der Waals surface area (Å²) in [5.41, 5.74) is 5.43. The molecule has 1 atom stereocenters. The van der Waals surface area contributed by atoms with E-state index < -0.39 is 5.91 Å². The number of hydrogen-bond acceptors (Lipinski definition) is 4. The van der Waals surface area contributed by atoms with E-state index in [-0.39, 0.29) is 11.0 Å². The number of carbonyl (C=O) groups excluding carboxylic acids is 1. The highest BCUT2D eigenvalue weighted by Crippen LogP contribution is 2.28. The number of aromatic nitrogens is 2. The molecule has 0 aliphatic carbocycles. The Bertz CT molecular complexity index is 478. The van der Waals surface area contributed by atoms with Gasteiger partial charge in [0.05, 0.1) is 0 Å². The van der Waals surface area contributed by atoms with Crippen molar-refractivity contribution in [3.63, 3.8) is 0 Å². The summed E-state index contributed by atoms with van der Waals surface area (Å²) in [6.07, 6.45) is 3.38. The second kappa shape index (κ2) is 5.74. The zero-order valence-electron chi connectivity index (χ0n) is 11.3. The van der Waals surface area contributed by atoms with Crippen molar-refractivity contribution in [3.8, 4) is 0 Å². The van der Waals surface area contributed by atoms with Gasteiger partial charge in [0.2, 0.25) is 5.28 Å². The van der Waals surface area contributed by atoms with E-state index in [0.717, 1.165) is 25.8 Å². The third kappa shape index (κ3) is 3.35. The number of carbonyl (C=O) groups is 1. The number of nitrogens with two attached hydrogens (primary N) is 1. The number of amides is 1. The quantitative estimate of drug-likeness (QED) is 0.860. The van der Waals surface area contributed by atoms with Crippen LogP contribution in [0.25, 0.3) is 0 Å². The number of rotatable bonds is 4. The minimum atomic E-state index is -0.579. The Morgan fingerprint density at radius 2 is 2.32 bits per heavy atom. The maximum atomic E-state index is 11.2. The molecule has 0 radical (unpaired) electrons. The van der Waals surface area contributed by atoms with Gasteiger partial charge in [-0.3, -0.25) is 4.79 Å². The summed E-state index contributed by atoms with van der Waals surface area (Å²) >= 11 is 5.87. The van der Waals surface area contributed by atoms with E-state index in [1.807, 2.05) is 0 Å². The van der Waals surface area contributed by atoms with Crippen LogP contribution in [0.2, 0.25) is 5.28 Å². The van der Waals surface area contributed by atoms with Gasteiger partial charge in [-0.1, -0.05) is 13.8 Å². The molecule has 0 saturated carbocycles. The molecule has 2 N–H and O–H groups in total. The highest BCUT2D eigenvalue weighted by Gasteiger charge is 2.27. The molecular formula is C13H19ClN4O. The van der Waals surface area contributed by atoms with Crippen molar-refractivity contribution < 1.29 is 4.79 Å². The van der Waals surface area contributed by atoms with Gasteiger partial charge in [-0.05, 0) is 36.8 Å². The molecule has 0 aromatic carbocycles. The lowest BCUT2D eigenvalue weighted by molar-refractivity contribution is 0.0995. The number of primary amides is 1. The van der Waals surface area contributed by atoms with Gasteiger partial charge in [0.1, 0.15) is 11.5 Å². The fraction of sp³-hybridized carbons (Fsp3) is 0.615. The largest absolute Gasteiger partial charge is 0.364 e. The standard InChI is InChI=1S/C13H19ClN4O/c1-8(2)6-9-4-3-5-18(9)11-7-10(12(15)19)16-13(14)17-11/h7-9H,3-6H2,1-2H3,(H2,15,19). The zero-order valence-corrected chi connectivity index (χ0v) is 12.0. The summed E-state index contributed by atoms with van der Waals surface area (Å²) in [5.74, 6) is 0.751.